The minimum atomic E-state index is -1.21. The Morgan fingerprint density at radius 1 is 0.590 bits per heavy atom. The van der Waals surface area contributed by atoms with E-state index in [1.807, 2.05) is 0 Å². The highest BCUT2D eigenvalue weighted by atomic mass is 19.2. The summed E-state index contributed by atoms with van der Waals surface area (Å²) < 4.78 is 65.4. The third kappa shape index (κ3) is 9.25. The van der Waals surface area contributed by atoms with Crippen LogP contribution in [-0.4, -0.2) is 6.61 Å². The van der Waals surface area contributed by atoms with E-state index in [2.05, 4.69) is 13.8 Å². The molecule has 0 saturated heterocycles. The molecule has 1 aliphatic carbocycles. The van der Waals surface area contributed by atoms with E-state index in [1.165, 1.54) is 76.0 Å². The second-order valence-corrected chi connectivity index (χ2v) is 11.5. The van der Waals surface area contributed by atoms with Crippen molar-refractivity contribution in [3.8, 4) is 16.9 Å². The lowest BCUT2D eigenvalue weighted by molar-refractivity contribution is 0.285. The normalized spacial score (nSPS) is 17.5. The first-order valence-electron chi connectivity index (χ1n) is 15.6. The van der Waals surface area contributed by atoms with Crippen molar-refractivity contribution in [1.29, 1.82) is 0 Å². The van der Waals surface area contributed by atoms with E-state index in [0.29, 0.717) is 18.1 Å². The fourth-order valence-corrected chi connectivity index (χ4v) is 5.98. The number of benzene rings is 2. The third-order valence-electron chi connectivity index (χ3n) is 8.46. The molecule has 0 radical (unpaired) electrons. The van der Waals surface area contributed by atoms with Crippen molar-refractivity contribution in [3.63, 3.8) is 0 Å². The Balaban J connectivity index is 1.55. The minimum Gasteiger partial charge on any atom is -0.490 e. The molecule has 2 aromatic rings. The summed E-state index contributed by atoms with van der Waals surface area (Å²) in [5, 5.41) is 0. The van der Waals surface area contributed by atoms with Crippen LogP contribution >= 0.6 is 0 Å². The molecule has 0 amide bonds. The SMILES string of the molecule is CCCCCCCCOc1ccc(-c2ccc(C3CCC(CCCCCCCC)CC3)c(F)c2F)c(F)c1F. The molecule has 1 aliphatic rings. The Bertz CT molecular complexity index is 997. The van der Waals surface area contributed by atoms with Gasteiger partial charge in [-0.05, 0) is 61.6 Å². The first kappa shape index (κ1) is 31.5. The molecule has 2 aromatic carbocycles. The molecule has 0 aromatic heterocycles. The highest BCUT2D eigenvalue weighted by molar-refractivity contribution is 5.66. The van der Waals surface area contributed by atoms with Crippen LogP contribution < -0.4 is 4.74 Å². The molecule has 5 heteroatoms. The predicted octanol–water partition coefficient (Wildman–Crippen LogP) is 11.7. The second-order valence-electron chi connectivity index (χ2n) is 11.5. The Morgan fingerprint density at radius 3 is 1.77 bits per heavy atom. The Kier molecular flexibility index (Phi) is 13.7. The van der Waals surface area contributed by atoms with Crippen LogP contribution in [0.25, 0.3) is 11.1 Å². The van der Waals surface area contributed by atoms with E-state index in [0.717, 1.165) is 51.4 Å². The maximum absolute atomic E-state index is 15.2. The van der Waals surface area contributed by atoms with Gasteiger partial charge in [0.25, 0.3) is 0 Å². The van der Waals surface area contributed by atoms with Crippen LogP contribution in [-0.2, 0) is 0 Å². The number of hydrogen-bond donors (Lipinski definition) is 0. The molecule has 0 spiro atoms. The Labute approximate surface area is 233 Å². The molecule has 3 rings (SSSR count). The van der Waals surface area contributed by atoms with Crippen LogP contribution in [0.2, 0.25) is 0 Å². The zero-order valence-electron chi connectivity index (χ0n) is 24.1. The highest BCUT2D eigenvalue weighted by Gasteiger charge is 2.27. The van der Waals surface area contributed by atoms with Gasteiger partial charge in [-0.15, -0.1) is 0 Å². The van der Waals surface area contributed by atoms with Crippen LogP contribution in [0.15, 0.2) is 24.3 Å². The average molecular weight is 549 g/mol. The van der Waals surface area contributed by atoms with Gasteiger partial charge in [0.1, 0.15) is 0 Å². The summed E-state index contributed by atoms with van der Waals surface area (Å²) >= 11 is 0. The fourth-order valence-electron chi connectivity index (χ4n) is 5.98. The van der Waals surface area contributed by atoms with Gasteiger partial charge in [0.05, 0.1) is 6.61 Å². The van der Waals surface area contributed by atoms with Gasteiger partial charge in [-0.3, -0.25) is 0 Å². The molecule has 1 saturated carbocycles. The maximum Gasteiger partial charge on any atom is 0.201 e. The van der Waals surface area contributed by atoms with Crippen LogP contribution in [0.4, 0.5) is 17.6 Å². The van der Waals surface area contributed by atoms with Crippen LogP contribution in [0.3, 0.4) is 0 Å². The first-order chi connectivity index (χ1) is 19.0. The van der Waals surface area contributed by atoms with Crippen molar-refractivity contribution in [1.82, 2.24) is 0 Å². The van der Waals surface area contributed by atoms with Crippen molar-refractivity contribution in [2.24, 2.45) is 5.92 Å². The lowest BCUT2D eigenvalue weighted by Gasteiger charge is -2.29. The zero-order valence-corrected chi connectivity index (χ0v) is 24.1. The summed E-state index contributed by atoms with van der Waals surface area (Å²) in [6, 6.07) is 5.54. The van der Waals surface area contributed by atoms with E-state index >= 15 is 8.78 Å². The van der Waals surface area contributed by atoms with Gasteiger partial charge in [0, 0.05) is 11.1 Å². The smallest absolute Gasteiger partial charge is 0.201 e. The lowest BCUT2D eigenvalue weighted by Crippen LogP contribution is -2.15. The van der Waals surface area contributed by atoms with E-state index in [1.54, 1.807) is 6.07 Å². The quantitative estimate of drug-likeness (QED) is 0.141. The summed E-state index contributed by atoms with van der Waals surface area (Å²) in [5.74, 6) is -3.98. The zero-order chi connectivity index (χ0) is 28.0. The van der Waals surface area contributed by atoms with Crippen LogP contribution in [0, 0.1) is 29.2 Å². The number of unbranched alkanes of at least 4 members (excludes halogenated alkanes) is 10. The van der Waals surface area contributed by atoms with Crippen molar-refractivity contribution in [2.45, 2.75) is 129 Å². The number of hydrogen-bond acceptors (Lipinski definition) is 1. The lowest BCUT2D eigenvalue weighted by atomic mass is 9.76. The molecule has 0 N–H and O–H groups in total. The van der Waals surface area contributed by atoms with Gasteiger partial charge in [-0.2, -0.15) is 4.39 Å². The largest absolute Gasteiger partial charge is 0.490 e. The summed E-state index contributed by atoms with van der Waals surface area (Å²) in [6.45, 7) is 4.67. The van der Waals surface area contributed by atoms with E-state index in [4.69, 9.17) is 4.74 Å². The summed E-state index contributed by atoms with van der Waals surface area (Å²) in [4.78, 5) is 0. The number of ether oxygens (including phenoxy) is 1. The Hall–Kier alpha value is -2.04. The van der Waals surface area contributed by atoms with Crippen molar-refractivity contribution >= 4 is 0 Å². The topological polar surface area (TPSA) is 9.23 Å². The van der Waals surface area contributed by atoms with Gasteiger partial charge in [0.2, 0.25) is 5.82 Å². The van der Waals surface area contributed by atoms with Gasteiger partial charge in [-0.1, -0.05) is 103 Å². The van der Waals surface area contributed by atoms with Crippen molar-refractivity contribution in [3.05, 3.63) is 53.1 Å². The number of rotatable bonds is 17. The molecule has 39 heavy (non-hydrogen) atoms. The van der Waals surface area contributed by atoms with Crippen molar-refractivity contribution < 1.29 is 22.3 Å². The van der Waals surface area contributed by atoms with E-state index in [-0.39, 0.29) is 22.8 Å². The first-order valence-corrected chi connectivity index (χ1v) is 15.6. The van der Waals surface area contributed by atoms with Gasteiger partial charge in [-0.25, -0.2) is 13.2 Å². The van der Waals surface area contributed by atoms with E-state index < -0.39 is 23.3 Å². The molecule has 1 fully saturated rings. The number of halogens is 4. The molecule has 0 atom stereocenters. The third-order valence-corrected chi connectivity index (χ3v) is 8.46. The van der Waals surface area contributed by atoms with Crippen LogP contribution in [0.1, 0.15) is 134 Å². The fraction of sp³-hybridized carbons (Fsp3) is 0.647. The van der Waals surface area contributed by atoms with Gasteiger partial charge >= 0.3 is 0 Å². The maximum atomic E-state index is 15.2. The molecule has 0 unspecified atom stereocenters. The van der Waals surface area contributed by atoms with Gasteiger partial charge in [0.15, 0.2) is 23.2 Å². The molecule has 0 heterocycles. The Morgan fingerprint density at radius 2 is 1.13 bits per heavy atom. The predicted molar refractivity (Wildman–Crippen MR) is 153 cm³/mol. The van der Waals surface area contributed by atoms with Gasteiger partial charge < -0.3 is 4.74 Å². The van der Waals surface area contributed by atoms with Crippen molar-refractivity contribution in [2.75, 3.05) is 6.61 Å². The standard InChI is InChI=1S/C34H48F4O/c1-3-5-7-9-11-13-15-25-16-18-26(19-17-25)27-20-21-28(32(36)31(27)35)29-22-23-30(34(38)33(29)37)39-24-14-12-10-8-6-4-2/h20-23,25-26H,3-19,24H2,1-2H3. The molecular formula is C34H48F4O. The second kappa shape index (κ2) is 16.9. The van der Waals surface area contributed by atoms with Crippen LogP contribution in [0.5, 0.6) is 5.75 Å². The van der Waals surface area contributed by atoms with E-state index in [9.17, 15) is 8.78 Å². The minimum absolute atomic E-state index is 0.0336. The highest BCUT2D eigenvalue weighted by Crippen LogP contribution is 2.41. The molecule has 1 nitrogen and oxygen atoms in total. The molecule has 0 bridgehead atoms. The average Bonchev–Trinajstić information content (AvgIpc) is 2.94. The monoisotopic (exact) mass is 548 g/mol. The molecule has 0 aliphatic heterocycles. The summed E-state index contributed by atoms with van der Waals surface area (Å²) in [7, 11) is 0. The molecule has 218 valence electrons. The summed E-state index contributed by atoms with van der Waals surface area (Å²) in [6.07, 6.45) is 19.0. The summed E-state index contributed by atoms with van der Waals surface area (Å²) in [5.41, 5.74) is -0.189. The molecular weight excluding hydrogens is 500 g/mol.